The summed E-state index contributed by atoms with van der Waals surface area (Å²) < 4.78 is 6.23. The maximum atomic E-state index is 5.71. The van der Waals surface area contributed by atoms with Crippen LogP contribution in [0.4, 0.5) is 0 Å². The van der Waals surface area contributed by atoms with Gasteiger partial charge in [-0.25, -0.2) is 0 Å². The van der Waals surface area contributed by atoms with E-state index >= 15 is 0 Å². The van der Waals surface area contributed by atoms with E-state index in [0.717, 1.165) is 9.49 Å². The molecule has 1 rings (SSSR count). The summed E-state index contributed by atoms with van der Waals surface area (Å²) in [5.41, 5.74) is 0.735. The van der Waals surface area contributed by atoms with Crippen molar-refractivity contribution in [2.24, 2.45) is 0 Å². The molecule has 0 bridgehead atoms. The number of ether oxygens (including phenoxy) is 1. The van der Waals surface area contributed by atoms with Gasteiger partial charge in [0.05, 0.1) is 0 Å². The van der Waals surface area contributed by atoms with Crippen LogP contribution < -0.4 is 0 Å². The Balaban J connectivity index is 2.81. The molecular weight excluding hydrogens is 485 g/mol. The van der Waals surface area contributed by atoms with Gasteiger partial charge in [0, 0.05) is 0 Å². The average Bonchev–Trinajstić information content (AvgIpc) is 2.38. The molecule has 0 heterocycles. The minimum atomic E-state index is -1.04. The Morgan fingerprint density at radius 1 is 1.11 bits per heavy atom. The third kappa shape index (κ3) is 4.89. The molecule has 18 heavy (non-hydrogen) atoms. The van der Waals surface area contributed by atoms with Gasteiger partial charge in [-0.1, -0.05) is 0 Å². The van der Waals surface area contributed by atoms with Crippen LogP contribution in [0.1, 0.15) is 26.3 Å². The molecule has 0 aliphatic heterocycles. The topological polar surface area (TPSA) is 27.7 Å². The van der Waals surface area contributed by atoms with E-state index in [0.29, 0.717) is 0 Å². The molecule has 0 fully saturated rings. The zero-order valence-electron chi connectivity index (χ0n) is 11.4. The monoisotopic (exact) mass is 504 g/mol. The molecule has 0 aliphatic carbocycles. The SMILES string of the molecule is COC(C)(C)OOC(C)([CH2][Hg][Br])c1ccccc1. The maximum absolute atomic E-state index is 5.71. The molecule has 0 aliphatic rings. The van der Waals surface area contributed by atoms with Crippen molar-refractivity contribution in [3.63, 3.8) is 0 Å². The first-order chi connectivity index (χ1) is 8.43. The van der Waals surface area contributed by atoms with Crippen LogP contribution >= 0.6 is 11.9 Å². The van der Waals surface area contributed by atoms with Crippen molar-refractivity contribution in [1.29, 1.82) is 0 Å². The molecule has 1 unspecified atom stereocenters. The van der Waals surface area contributed by atoms with Gasteiger partial charge in [-0.3, -0.25) is 0 Å². The first-order valence-corrected chi connectivity index (χ1v) is 21.8. The Labute approximate surface area is 127 Å². The van der Waals surface area contributed by atoms with Gasteiger partial charge in [-0.2, -0.15) is 0 Å². The summed E-state index contributed by atoms with van der Waals surface area (Å²) in [6.07, 6.45) is 0. The molecule has 1 aromatic rings. The predicted octanol–water partition coefficient (Wildman–Crippen LogP) is 4.04. The summed E-state index contributed by atoms with van der Waals surface area (Å²) in [7, 11) is 1.60. The van der Waals surface area contributed by atoms with E-state index in [-0.39, 0.29) is 0 Å². The fraction of sp³-hybridized carbons (Fsp3) is 0.538. The third-order valence-electron chi connectivity index (χ3n) is 2.87. The number of rotatable bonds is 7. The third-order valence-corrected chi connectivity index (χ3v) is 10.8. The van der Waals surface area contributed by atoms with Gasteiger partial charge in [0.2, 0.25) is 0 Å². The molecule has 0 saturated heterocycles. The second-order valence-corrected chi connectivity index (χ2v) is 15.2. The van der Waals surface area contributed by atoms with Crippen LogP contribution in [0.3, 0.4) is 0 Å². The average molecular weight is 504 g/mol. The van der Waals surface area contributed by atoms with Crippen molar-refractivity contribution < 1.29 is 36.7 Å². The van der Waals surface area contributed by atoms with Crippen LogP contribution in [0.25, 0.3) is 0 Å². The van der Waals surface area contributed by atoms with E-state index in [1.54, 1.807) is 7.11 Å². The van der Waals surface area contributed by atoms with Crippen molar-refractivity contribution in [3.05, 3.63) is 35.9 Å². The van der Waals surface area contributed by atoms with Gasteiger partial charge in [0.1, 0.15) is 0 Å². The number of hydrogen-bond acceptors (Lipinski definition) is 3. The normalized spacial score (nSPS) is 14.9. The summed E-state index contributed by atoms with van der Waals surface area (Å²) in [6, 6.07) is 10.2. The van der Waals surface area contributed by atoms with Gasteiger partial charge >= 0.3 is 128 Å². The zero-order chi connectivity index (χ0) is 13.6. The molecule has 0 amide bonds. The second-order valence-electron chi connectivity index (χ2n) is 4.81. The van der Waals surface area contributed by atoms with E-state index in [9.17, 15) is 0 Å². The fourth-order valence-corrected chi connectivity index (χ4v) is 10.9. The van der Waals surface area contributed by atoms with Crippen molar-refractivity contribution in [1.82, 2.24) is 0 Å². The van der Waals surface area contributed by atoms with E-state index in [4.69, 9.17) is 14.5 Å². The molecule has 0 N–H and O–H groups in total. The predicted molar refractivity (Wildman–Crippen MR) is 70.8 cm³/mol. The Hall–Kier alpha value is 0.515. The molecule has 98 valence electrons. The van der Waals surface area contributed by atoms with Gasteiger partial charge < -0.3 is 0 Å². The standard InChI is InChI=1S/C13H19O3.BrH.Hg/c1-12(2,11-9-7-6-8-10-11)15-16-13(3,4)14-5;;/h6-10H,1H2,2-5H3;1H;/q;;+1/p-1. The first-order valence-electron chi connectivity index (χ1n) is 5.97. The summed E-state index contributed by atoms with van der Waals surface area (Å²) in [6.45, 7) is 5.73. The van der Waals surface area contributed by atoms with Gasteiger partial charge in [0.25, 0.3) is 0 Å². The van der Waals surface area contributed by atoms with Crippen molar-refractivity contribution in [3.8, 4) is 0 Å². The summed E-state index contributed by atoms with van der Waals surface area (Å²) in [5, 5.41) is 0. The van der Waals surface area contributed by atoms with E-state index in [2.05, 4.69) is 31.0 Å². The Bertz CT molecular complexity index is 359. The zero-order valence-corrected chi connectivity index (χ0v) is 18.5. The quantitative estimate of drug-likeness (QED) is 0.243. The molecule has 5 heteroatoms. The Morgan fingerprint density at radius 3 is 2.22 bits per heavy atom. The van der Waals surface area contributed by atoms with E-state index < -0.39 is 33.5 Å². The summed E-state index contributed by atoms with van der Waals surface area (Å²) in [5.74, 6) is -0.737. The number of methoxy groups -OCH3 is 1. The molecule has 1 atom stereocenters. The molecule has 0 spiro atoms. The van der Waals surface area contributed by atoms with Gasteiger partial charge in [0.15, 0.2) is 0 Å². The van der Waals surface area contributed by atoms with Crippen molar-refractivity contribution >= 4 is 11.9 Å². The fourth-order valence-electron chi connectivity index (χ4n) is 1.43. The van der Waals surface area contributed by atoms with E-state index in [1.807, 2.05) is 32.0 Å². The molecular formula is C13H19BrHgO3. The molecule has 0 radical (unpaired) electrons. The first kappa shape index (κ1) is 16.6. The van der Waals surface area contributed by atoms with Crippen LogP contribution in [-0.4, -0.2) is 12.9 Å². The second kappa shape index (κ2) is 7.34. The van der Waals surface area contributed by atoms with E-state index in [1.165, 1.54) is 0 Å². The van der Waals surface area contributed by atoms with Gasteiger partial charge in [-0.05, 0) is 0 Å². The van der Waals surface area contributed by atoms with Crippen molar-refractivity contribution in [2.75, 3.05) is 7.11 Å². The molecule has 1 aromatic carbocycles. The van der Waals surface area contributed by atoms with Gasteiger partial charge in [-0.15, -0.1) is 0 Å². The molecule has 3 nitrogen and oxygen atoms in total. The number of hydrogen-bond donors (Lipinski definition) is 0. The number of benzene rings is 1. The molecule has 0 saturated carbocycles. The Morgan fingerprint density at radius 2 is 1.72 bits per heavy atom. The van der Waals surface area contributed by atoms with Crippen LogP contribution in [0.2, 0.25) is 3.93 Å². The van der Waals surface area contributed by atoms with Crippen LogP contribution in [0.5, 0.6) is 0 Å². The van der Waals surface area contributed by atoms with Crippen LogP contribution in [0, 0.1) is 0 Å². The number of halogens is 1. The summed E-state index contributed by atoms with van der Waals surface area (Å²) in [4.78, 5) is 11.2. The Kier molecular flexibility index (Phi) is 6.75. The van der Waals surface area contributed by atoms with Crippen LogP contribution in [-0.2, 0) is 42.3 Å². The van der Waals surface area contributed by atoms with Crippen LogP contribution in [0.15, 0.2) is 30.3 Å². The molecule has 0 aromatic heterocycles. The summed E-state index contributed by atoms with van der Waals surface area (Å²) >= 11 is 2.64. The minimum absolute atomic E-state index is 0.401. The van der Waals surface area contributed by atoms with Crippen molar-refractivity contribution in [2.45, 2.75) is 36.1 Å².